The first-order valence-corrected chi connectivity index (χ1v) is 8.22. The van der Waals surface area contributed by atoms with Gasteiger partial charge in [0.25, 0.3) is 5.91 Å². The minimum absolute atomic E-state index is 0.133. The molecule has 0 atom stereocenters. The van der Waals surface area contributed by atoms with Gasteiger partial charge < -0.3 is 9.84 Å². The molecule has 2 rings (SSSR count). The van der Waals surface area contributed by atoms with Crippen molar-refractivity contribution < 1.29 is 32.2 Å². The molecule has 0 unspecified atom stereocenters. The van der Waals surface area contributed by atoms with E-state index in [1.54, 1.807) is 6.07 Å². The van der Waals surface area contributed by atoms with Gasteiger partial charge in [-0.05, 0) is 40.2 Å². The Morgan fingerprint density at radius 2 is 1.92 bits per heavy atom. The van der Waals surface area contributed by atoms with Crippen LogP contribution in [0.1, 0.15) is 15.9 Å². The molecule has 0 aliphatic rings. The van der Waals surface area contributed by atoms with Crippen LogP contribution in [0.3, 0.4) is 0 Å². The number of nitrogens with zero attached hydrogens (tertiary/aromatic N) is 1. The topological polar surface area (TPSA) is 70.9 Å². The number of aromatic hydroxyl groups is 1. The minimum Gasteiger partial charge on any atom is -0.506 e. The molecular weight excluding hydrogens is 492 g/mol. The first kappa shape index (κ1) is 20.2. The molecule has 0 aliphatic carbocycles. The van der Waals surface area contributed by atoms with Crippen LogP contribution in [0.2, 0.25) is 0 Å². The van der Waals surface area contributed by atoms with Crippen molar-refractivity contribution in [2.45, 2.75) is 6.36 Å². The van der Waals surface area contributed by atoms with Crippen molar-refractivity contribution in [3.63, 3.8) is 0 Å². The van der Waals surface area contributed by atoms with Crippen molar-refractivity contribution in [1.29, 1.82) is 0 Å². The van der Waals surface area contributed by atoms with E-state index in [1.165, 1.54) is 6.07 Å². The second kappa shape index (κ2) is 8.04. The lowest BCUT2D eigenvalue weighted by molar-refractivity contribution is -0.274. The molecule has 2 N–H and O–H groups in total. The third-order valence-electron chi connectivity index (χ3n) is 2.85. The Morgan fingerprint density at radius 3 is 2.54 bits per heavy atom. The number of hydrogen-bond donors (Lipinski definition) is 2. The molecule has 0 fully saturated rings. The van der Waals surface area contributed by atoms with Crippen LogP contribution < -0.4 is 10.2 Å². The molecule has 0 saturated carbocycles. The molecule has 1 amide bonds. The molecule has 138 valence electrons. The summed E-state index contributed by atoms with van der Waals surface area (Å²) in [5, 5.41) is 13.4. The number of phenols is 1. The molecule has 0 heterocycles. The highest BCUT2D eigenvalue weighted by molar-refractivity contribution is 9.11. The number of hydrazone groups is 1. The van der Waals surface area contributed by atoms with Crippen molar-refractivity contribution in [2.75, 3.05) is 0 Å². The van der Waals surface area contributed by atoms with Crippen molar-refractivity contribution in [3.8, 4) is 11.5 Å². The smallest absolute Gasteiger partial charge is 0.506 e. The highest BCUT2D eigenvalue weighted by atomic mass is 79.9. The lowest BCUT2D eigenvalue weighted by atomic mass is 10.2. The number of benzene rings is 2. The molecule has 0 bridgehead atoms. The van der Waals surface area contributed by atoms with E-state index < -0.39 is 29.4 Å². The van der Waals surface area contributed by atoms with Gasteiger partial charge in [0.2, 0.25) is 0 Å². The van der Waals surface area contributed by atoms with Crippen molar-refractivity contribution in [3.05, 3.63) is 56.2 Å². The summed E-state index contributed by atoms with van der Waals surface area (Å²) in [4.78, 5) is 11.9. The van der Waals surface area contributed by atoms with Gasteiger partial charge in [0.1, 0.15) is 17.3 Å². The number of rotatable bonds is 4. The fraction of sp³-hybridized carbons (Fsp3) is 0.0667. The third-order valence-corrected chi connectivity index (χ3v) is 3.91. The summed E-state index contributed by atoms with van der Waals surface area (Å²) in [5.41, 5.74) is 1.73. The number of halogens is 6. The molecule has 0 aliphatic heterocycles. The van der Waals surface area contributed by atoms with Crippen LogP contribution in [-0.4, -0.2) is 23.6 Å². The van der Waals surface area contributed by atoms with E-state index in [9.17, 15) is 27.5 Å². The summed E-state index contributed by atoms with van der Waals surface area (Å²) in [6.45, 7) is 0. The average Bonchev–Trinajstić information content (AvgIpc) is 2.50. The standard InChI is InChI=1S/C15H8Br2F4N2O3/c16-8-3-7(13(24)11(17)4-8)6-22-23-14(25)10-2-1-9(5-12(10)18)26-15(19,20)21/h1-6,24H,(H,23,25)/b22-6-. The first-order valence-electron chi connectivity index (χ1n) is 6.63. The summed E-state index contributed by atoms with van der Waals surface area (Å²) in [7, 11) is 0. The van der Waals surface area contributed by atoms with E-state index in [2.05, 4.69) is 41.7 Å². The maximum Gasteiger partial charge on any atom is 0.573 e. The molecular formula is C15H8Br2F4N2O3. The zero-order valence-corrected chi connectivity index (χ0v) is 15.6. The van der Waals surface area contributed by atoms with E-state index in [1.807, 2.05) is 5.43 Å². The molecule has 2 aromatic rings. The zero-order valence-electron chi connectivity index (χ0n) is 12.4. The predicted molar refractivity (Wildman–Crippen MR) is 91.7 cm³/mol. The quantitative estimate of drug-likeness (QED) is 0.363. The maximum atomic E-state index is 13.8. The normalized spacial score (nSPS) is 11.6. The fourth-order valence-corrected chi connectivity index (χ4v) is 3.04. The number of ether oxygens (including phenoxy) is 1. The molecule has 0 radical (unpaired) electrons. The van der Waals surface area contributed by atoms with Crippen molar-refractivity contribution in [1.82, 2.24) is 5.43 Å². The minimum atomic E-state index is -4.97. The van der Waals surface area contributed by atoms with Crippen LogP contribution in [0.25, 0.3) is 0 Å². The van der Waals surface area contributed by atoms with E-state index in [-0.39, 0.29) is 11.3 Å². The molecule has 0 aromatic heterocycles. The van der Waals surface area contributed by atoms with E-state index in [0.29, 0.717) is 15.0 Å². The van der Waals surface area contributed by atoms with Gasteiger partial charge in [-0.15, -0.1) is 13.2 Å². The Bertz CT molecular complexity index is 873. The third kappa shape index (κ3) is 5.43. The molecule has 26 heavy (non-hydrogen) atoms. The molecule has 5 nitrogen and oxygen atoms in total. The Balaban J connectivity index is 2.11. The summed E-state index contributed by atoms with van der Waals surface area (Å²) >= 11 is 6.33. The average molecular weight is 500 g/mol. The number of amides is 1. The predicted octanol–water partition coefficient (Wildman–Crippen LogP) is 4.72. The van der Waals surface area contributed by atoms with Gasteiger partial charge >= 0.3 is 6.36 Å². The van der Waals surface area contributed by atoms with E-state index in [0.717, 1.165) is 18.3 Å². The molecule has 11 heteroatoms. The van der Waals surface area contributed by atoms with Crippen molar-refractivity contribution in [2.24, 2.45) is 5.10 Å². The van der Waals surface area contributed by atoms with Gasteiger partial charge in [-0.1, -0.05) is 15.9 Å². The lowest BCUT2D eigenvalue weighted by Gasteiger charge is -2.09. The second-order valence-electron chi connectivity index (χ2n) is 4.71. The van der Waals surface area contributed by atoms with Gasteiger partial charge in [-0.25, -0.2) is 9.82 Å². The van der Waals surface area contributed by atoms with Crippen LogP contribution in [0.4, 0.5) is 17.6 Å². The summed E-state index contributed by atoms with van der Waals surface area (Å²) in [6.07, 6.45) is -3.86. The summed E-state index contributed by atoms with van der Waals surface area (Å²) in [5.74, 6) is -3.14. The number of carbonyl (C=O) groups excluding carboxylic acids is 1. The van der Waals surface area contributed by atoms with Gasteiger partial charge in [-0.3, -0.25) is 4.79 Å². The van der Waals surface area contributed by atoms with Gasteiger partial charge in [0, 0.05) is 16.1 Å². The van der Waals surface area contributed by atoms with Crippen LogP contribution in [0.5, 0.6) is 11.5 Å². The van der Waals surface area contributed by atoms with Crippen LogP contribution in [-0.2, 0) is 0 Å². The van der Waals surface area contributed by atoms with Gasteiger partial charge in [0.05, 0.1) is 16.3 Å². The summed E-state index contributed by atoms with van der Waals surface area (Å²) in [6, 6.07) is 5.16. The SMILES string of the molecule is O=C(N/N=C\c1cc(Br)cc(Br)c1O)c1ccc(OC(F)(F)F)cc1F. The van der Waals surface area contributed by atoms with Gasteiger partial charge in [0.15, 0.2) is 0 Å². The van der Waals surface area contributed by atoms with Crippen LogP contribution in [0, 0.1) is 5.82 Å². The molecule has 0 spiro atoms. The van der Waals surface area contributed by atoms with Crippen LogP contribution >= 0.6 is 31.9 Å². The monoisotopic (exact) mass is 498 g/mol. The number of carbonyl (C=O) groups is 1. The Kier molecular flexibility index (Phi) is 6.24. The fourth-order valence-electron chi connectivity index (χ4n) is 1.78. The Labute approximate surface area is 160 Å². The van der Waals surface area contributed by atoms with Gasteiger partial charge in [-0.2, -0.15) is 5.10 Å². The highest BCUT2D eigenvalue weighted by Gasteiger charge is 2.31. The first-order chi connectivity index (χ1) is 12.1. The Hall–Kier alpha value is -2.14. The summed E-state index contributed by atoms with van der Waals surface area (Å²) < 4.78 is 54.6. The number of nitrogens with one attached hydrogen (secondary N) is 1. The molecule has 0 saturated heterocycles. The largest absolute Gasteiger partial charge is 0.573 e. The molecule has 2 aromatic carbocycles. The number of hydrogen-bond acceptors (Lipinski definition) is 4. The maximum absolute atomic E-state index is 13.8. The van der Waals surface area contributed by atoms with Crippen LogP contribution in [0.15, 0.2) is 44.4 Å². The van der Waals surface area contributed by atoms with E-state index >= 15 is 0 Å². The highest BCUT2D eigenvalue weighted by Crippen LogP contribution is 2.30. The second-order valence-corrected chi connectivity index (χ2v) is 6.48. The zero-order chi connectivity index (χ0) is 19.5. The lowest BCUT2D eigenvalue weighted by Crippen LogP contribution is -2.20. The van der Waals surface area contributed by atoms with Crippen molar-refractivity contribution >= 4 is 44.0 Å². The number of phenolic OH excluding ortho intramolecular Hbond substituents is 1. The van der Waals surface area contributed by atoms with E-state index in [4.69, 9.17) is 0 Å². The Morgan fingerprint density at radius 1 is 1.23 bits per heavy atom. The number of alkyl halides is 3.